The van der Waals surface area contributed by atoms with Gasteiger partial charge in [0.05, 0.1) is 0 Å². The second kappa shape index (κ2) is 2230. The fourth-order valence-corrected chi connectivity index (χ4v) is 0. The van der Waals surface area contributed by atoms with Gasteiger partial charge in [0.15, 0.2) is 0 Å². The molecule has 0 N–H and O–H groups in total. The molecule has 0 aliphatic rings. The molecule has 0 bridgehead atoms. The van der Waals surface area contributed by atoms with Gasteiger partial charge in [0.25, 0.3) is 0 Å². The zero-order chi connectivity index (χ0) is 0. The monoisotopic (exact) mass is 1470 g/mol. The van der Waals surface area contributed by atoms with Crippen molar-refractivity contribution >= 4 is 573 Å². The maximum atomic E-state index is 0. The minimum absolute atomic E-state index is 0. The Morgan fingerprint density at radius 1 is 0.0290 bits per heavy atom. The van der Waals surface area contributed by atoms with E-state index in [4.69, 9.17) is 0 Å². The van der Waals surface area contributed by atoms with E-state index < -0.39 is 0 Å². The summed E-state index contributed by atoms with van der Waals surface area (Å²) in [5.41, 5.74) is 0. The Morgan fingerprint density at radius 3 is 0.0290 bits per heavy atom. The topological polar surface area (TPSA) is 1030 Å². The van der Waals surface area contributed by atoms with Crippen molar-refractivity contribution in [3.8, 4) is 0 Å². The normalized spacial score (nSPS) is 0. The van der Waals surface area contributed by atoms with Crippen molar-refractivity contribution < 1.29 is 197 Å². The van der Waals surface area contributed by atoms with E-state index in [-0.39, 0.29) is 770 Å². The molecule has 0 atom stereocenters. The van der Waals surface area contributed by atoms with Crippen molar-refractivity contribution in [2.45, 2.75) is 0 Å². The molecule has 0 aliphatic heterocycles. The van der Waals surface area contributed by atoms with E-state index in [2.05, 4.69) is 0 Å². The van der Waals surface area contributed by atoms with Gasteiger partial charge in [0.2, 0.25) is 0 Å². The Labute approximate surface area is 756 Å². The smallest absolute Gasteiger partial charge is 2.00 e. The van der Waals surface area contributed by atoms with Gasteiger partial charge in [-0.3, -0.25) is 0 Å². The van der Waals surface area contributed by atoms with Gasteiger partial charge in [-0.2, -0.15) is 0 Å². The summed E-state index contributed by atoms with van der Waals surface area (Å²) < 4.78 is 0. The van der Waals surface area contributed by atoms with Gasteiger partial charge in [-0.1, -0.05) is 0 Å². The predicted molar refractivity (Wildman–Crippen MR) is 215 cm³/mol. The molecule has 0 fully saturated rings. The van der Waals surface area contributed by atoms with E-state index in [1.165, 1.54) is 0 Å². The maximum absolute atomic E-state index is 0. The molecule has 69 heteroatoms. The Bertz CT molecular complexity index is 68.9. The van der Waals surface area contributed by atoms with E-state index in [0.29, 0.717) is 0 Å². The van der Waals surface area contributed by atoms with Crippen LogP contribution in [-0.4, -0.2) is 573 Å². The van der Waals surface area contributed by atoms with Gasteiger partial charge in [0.1, 0.15) is 0 Å². The van der Waals surface area contributed by atoms with Crippen LogP contribution < -0.4 is 0 Å². The molecule has 0 unspecified atom stereocenters. The van der Waals surface area contributed by atoms with Crippen LogP contribution in [0.2, 0.25) is 0 Å². The Balaban J connectivity index is 0. The maximum Gasteiger partial charge on any atom is 3.00 e. The van der Waals surface area contributed by atoms with Crippen molar-refractivity contribution in [3.05, 3.63) is 0 Å². The summed E-state index contributed by atoms with van der Waals surface area (Å²) in [4.78, 5) is 0. The first-order valence-corrected chi connectivity index (χ1v) is 0. The van der Waals surface area contributed by atoms with Crippen LogP contribution in [0.4, 0.5) is 0 Å². The third-order valence-corrected chi connectivity index (χ3v) is 0. The molecule has 0 aromatic heterocycles. The molecule has 69 heavy (non-hydrogen) atoms. The summed E-state index contributed by atoms with van der Waals surface area (Å²) in [7, 11) is 0. The van der Waals surface area contributed by atoms with Crippen LogP contribution in [-0.2, 0) is 197 Å². The minimum atomic E-state index is 0. The first kappa shape index (κ1) is 2320. The van der Waals surface area contributed by atoms with Crippen LogP contribution in [0.5, 0.6) is 0 Å². The van der Waals surface area contributed by atoms with Crippen molar-refractivity contribution in [2.75, 3.05) is 0 Å². The SMILES string of the molecule is [Al+3].[Al+3].[Al+3].[Al+3].[Al+3].[Al+3].[Al+3].[Al+3].[Al+3].[Al+3].[Al+3].[Al+3].[Al+3].[Al+3].[Al+3].[Al+3].[Al+3].[Al+3].[Al+3].[Al+3].[Al+3].[Al+3].[Al+3].[Al+3].[Al+3].[Al+3].[Al+3].[Al+3].[Al+3].[Al+3].[Al+3].[Al+3].[Al+3].[O-2].[O-2].[O-2].[O-2].[O-2].[O-2].[O-2].[O-2].[O-2].[O-2].[O-2].[O-2].[O-2].[O-2].[O-2].[O-2].[O-2].[O-2].[O-2].[O-2].[O-2].[O-2].[O-2].[O-2].[O-2].[O-2].[O-2].[O-2].[O-2].[O-2].[O-2].[O-2].[O-2].[O-2].[O-2].[O-2]. The Kier molecular flexibility index (Phi) is 75000. The zero-order valence-electron chi connectivity index (χ0n) is 33.7. The standard InChI is InChI=1S/33Al.36O/q33*+3;36*-2. The van der Waals surface area contributed by atoms with Crippen LogP contribution in [0.1, 0.15) is 0 Å². The van der Waals surface area contributed by atoms with Gasteiger partial charge < -0.3 is 197 Å². The molecule has 0 radical (unpaired) electrons. The second-order valence-corrected chi connectivity index (χ2v) is 0. The molecule has 0 aromatic rings. The van der Waals surface area contributed by atoms with Crippen LogP contribution in [0, 0.1) is 0 Å². The summed E-state index contributed by atoms with van der Waals surface area (Å²) in [6.45, 7) is 0. The molecular formula is Al33O36+27. The largest absolute Gasteiger partial charge is 3.00 e. The van der Waals surface area contributed by atoms with Crippen LogP contribution in [0.25, 0.3) is 0 Å². The third kappa shape index (κ3) is 2180. The van der Waals surface area contributed by atoms with Gasteiger partial charge in [0, 0.05) is 0 Å². The van der Waals surface area contributed by atoms with Crippen LogP contribution in [0.15, 0.2) is 0 Å². The van der Waals surface area contributed by atoms with Crippen molar-refractivity contribution in [1.82, 2.24) is 0 Å². The molecule has 0 rings (SSSR count). The molecule has 0 spiro atoms. The van der Waals surface area contributed by atoms with E-state index in [9.17, 15) is 0 Å². The summed E-state index contributed by atoms with van der Waals surface area (Å²) in [5.74, 6) is 0. The molecule has 36 nitrogen and oxygen atoms in total. The molecule has 0 aliphatic carbocycles. The summed E-state index contributed by atoms with van der Waals surface area (Å²) in [5, 5.41) is 0. The molecule has 0 aromatic carbocycles. The van der Waals surface area contributed by atoms with Gasteiger partial charge >= 0.3 is 573 Å². The average Bonchev–Trinajstić information content (AvgIpc) is 0. The fourth-order valence-electron chi connectivity index (χ4n) is 0. The average molecular weight is 1470 g/mol. The molecule has 0 saturated carbocycles. The van der Waals surface area contributed by atoms with Crippen LogP contribution in [0.3, 0.4) is 0 Å². The Morgan fingerprint density at radius 2 is 0.0290 bits per heavy atom. The van der Waals surface area contributed by atoms with Gasteiger partial charge in [-0.15, -0.1) is 0 Å². The van der Waals surface area contributed by atoms with Crippen molar-refractivity contribution in [2.24, 2.45) is 0 Å². The summed E-state index contributed by atoms with van der Waals surface area (Å²) >= 11 is 0. The molecule has 0 heterocycles. The van der Waals surface area contributed by atoms with Crippen molar-refractivity contribution in [1.29, 1.82) is 0 Å². The summed E-state index contributed by atoms with van der Waals surface area (Å²) in [6.07, 6.45) is 0. The van der Waals surface area contributed by atoms with Crippen molar-refractivity contribution in [3.63, 3.8) is 0 Å². The predicted octanol–water partition coefficient (Wildman–Crippen LogP) is -16.8. The zero-order valence-corrected chi connectivity index (χ0v) is 71.9. The quantitative estimate of drug-likeness (QED) is 0.204. The van der Waals surface area contributed by atoms with Gasteiger partial charge in [-0.25, -0.2) is 0 Å². The number of hydrogen-bond donors (Lipinski definition) is 0. The number of rotatable bonds is 0. The minimum Gasteiger partial charge on any atom is -2.00 e. The first-order chi connectivity index (χ1) is 0. The second-order valence-electron chi connectivity index (χ2n) is 0. The molecule has 0 saturated heterocycles. The fraction of sp³-hybridized carbons (Fsp3) is 0. The molecule has 288 valence electrons. The van der Waals surface area contributed by atoms with E-state index in [0.717, 1.165) is 0 Å². The van der Waals surface area contributed by atoms with E-state index >= 15 is 0 Å². The third-order valence-electron chi connectivity index (χ3n) is 0. The van der Waals surface area contributed by atoms with Gasteiger partial charge in [-0.05, 0) is 0 Å². The number of hydrogen-bond acceptors (Lipinski definition) is 0. The molecular weight excluding hydrogens is 1470 g/mol. The first-order valence-electron chi connectivity index (χ1n) is 0. The summed E-state index contributed by atoms with van der Waals surface area (Å²) in [6, 6.07) is 0. The Hall–Kier alpha value is 16.1. The molecule has 0 amide bonds. The van der Waals surface area contributed by atoms with Crippen LogP contribution >= 0.6 is 0 Å². The van der Waals surface area contributed by atoms with E-state index in [1.54, 1.807) is 0 Å². The van der Waals surface area contributed by atoms with E-state index in [1.807, 2.05) is 0 Å².